The third-order valence-corrected chi connectivity index (χ3v) is 9.37. The van der Waals surface area contributed by atoms with Crippen molar-refractivity contribution < 1.29 is 13.5 Å². The SMILES string of the molecule is O=c1[nH]c(CN2C[C@H]3CN(S(=O)(=O)C4CC4)C[C@@]3(CO)C2)nc2ccsc12. The van der Waals surface area contributed by atoms with Crippen molar-refractivity contribution in [2.24, 2.45) is 11.3 Å². The van der Waals surface area contributed by atoms with Crippen LogP contribution in [0.4, 0.5) is 0 Å². The van der Waals surface area contributed by atoms with Crippen LogP contribution in [-0.4, -0.2) is 70.7 Å². The minimum atomic E-state index is -3.21. The van der Waals surface area contributed by atoms with Crippen molar-refractivity contribution in [3.8, 4) is 0 Å². The van der Waals surface area contributed by atoms with E-state index in [9.17, 15) is 18.3 Å². The van der Waals surface area contributed by atoms with Crippen molar-refractivity contribution >= 4 is 31.6 Å². The summed E-state index contributed by atoms with van der Waals surface area (Å²) in [5.41, 5.74) is 0.161. The van der Waals surface area contributed by atoms with Crippen molar-refractivity contribution in [3.05, 3.63) is 27.6 Å². The molecule has 2 N–H and O–H groups in total. The van der Waals surface area contributed by atoms with Gasteiger partial charge in [-0.1, -0.05) is 0 Å². The molecule has 8 nitrogen and oxygen atoms in total. The number of nitrogens with one attached hydrogen (secondary N) is 1. The summed E-state index contributed by atoms with van der Waals surface area (Å²) >= 11 is 1.38. The molecule has 2 aromatic rings. The molecule has 0 unspecified atom stereocenters. The number of aliphatic hydroxyl groups is 1. The van der Waals surface area contributed by atoms with E-state index in [0.717, 1.165) is 12.8 Å². The number of likely N-dealkylation sites (tertiary alicyclic amines) is 1. The van der Waals surface area contributed by atoms with E-state index in [1.165, 1.54) is 11.3 Å². The number of sulfonamides is 1. The zero-order valence-electron chi connectivity index (χ0n) is 14.8. The Morgan fingerprint density at radius 2 is 2.15 bits per heavy atom. The topological polar surface area (TPSA) is 107 Å². The summed E-state index contributed by atoms with van der Waals surface area (Å²) in [6, 6.07) is 1.84. The molecule has 0 spiro atoms. The molecule has 0 amide bonds. The van der Waals surface area contributed by atoms with E-state index in [2.05, 4.69) is 14.9 Å². The predicted octanol–water partition coefficient (Wildman–Crippen LogP) is 0.203. The van der Waals surface area contributed by atoms with Gasteiger partial charge in [0.1, 0.15) is 10.5 Å². The van der Waals surface area contributed by atoms with Gasteiger partial charge in [-0.25, -0.2) is 17.7 Å². The number of aliphatic hydroxyl groups excluding tert-OH is 1. The van der Waals surface area contributed by atoms with Crippen molar-refractivity contribution in [2.45, 2.75) is 24.6 Å². The number of hydrogen-bond acceptors (Lipinski definition) is 7. The monoisotopic (exact) mass is 410 g/mol. The first-order valence-corrected chi connectivity index (χ1v) is 11.6. The molecule has 2 aliphatic heterocycles. The first kappa shape index (κ1) is 17.7. The van der Waals surface area contributed by atoms with Crippen LogP contribution in [0.15, 0.2) is 16.2 Å². The lowest BCUT2D eigenvalue weighted by Gasteiger charge is -2.27. The number of aromatic nitrogens is 2. The van der Waals surface area contributed by atoms with E-state index in [1.807, 2.05) is 11.4 Å². The fourth-order valence-electron chi connectivity index (χ4n) is 4.56. The second kappa shape index (κ2) is 6.08. The first-order valence-electron chi connectivity index (χ1n) is 9.20. The standard InChI is InChI=1S/C17H22N4O4S2/c22-10-17-8-20(7-14-18-13-3-4-26-15(13)16(23)19-14)5-11(17)6-21(9-17)27(24,25)12-1-2-12/h3-4,11-12,22H,1-2,5-10H2,(H,18,19,23)/t11-,17+/m0/s1. The largest absolute Gasteiger partial charge is 0.396 e. The quantitative estimate of drug-likeness (QED) is 0.730. The lowest BCUT2D eigenvalue weighted by Crippen LogP contribution is -2.40. The molecule has 0 aromatic carbocycles. The summed E-state index contributed by atoms with van der Waals surface area (Å²) in [5, 5.41) is 11.7. The van der Waals surface area contributed by atoms with E-state index in [4.69, 9.17) is 0 Å². The van der Waals surface area contributed by atoms with Gasteiger partial charge in [-0.3, -0.25) is 9.69 Å². The predicted molar refractivity (Wildman–Crippen MR) is 102 cm³/mol. The molecule has 27 heavy (non-hydrogen) atoms. The van der Waals surface area contributed by atoms with Crippen LogP contribution in [0, 0.1) is 11.3 Å². The molecule has 1 aliphatic carbocycles. The van der Waals surface area contributed by atoms with Gasteiger partial charge in [0.2, 0.25) is 10.0 Å². The molecule has 146 valence electrons. The average Bonchev–Trinajstić information content (AvgIpc) is 3.14. The molecule has 2 atom stereocenters. The molecule has 3 aliphatic rings. The van der Waals surface area contributed by atoms with Crippen LogP contribution in [0.25, 0.3) is 10.2 Å². The molecule has 0 bridgehead atoms. The van der Waals surface area contributed by atoms with Crippen molar-refractivity contribution in [1.82, 2.24) is 19.2 Å². The second-order valence-electron chi connectivity index (χ2n) is 8.07. The van der Waals surface area contributed by atoms with Crippen LogP contribution in [0.3, 0.4) is 0 Å². The van der Waals surface area contributed by atoms with E-state index >= 15 is 0 Å². The molecule has 2 aromatic heterocycles. The highest BCUT2D eigenvalue weighted by Crippen LogP contribution is 2.45. The highest BCUT2D eigenvalue weighted by molar-refractivity contribution is 7.90. The molecule has 3 fully saturated rings. The van der Waals surface area contributed by atoms with E-state index in [0.29, 0.717) is 48.8 Å². The summed E-state index contributed by atoms with van der Waals surface area (Å²) in [6.45, 7) is 2.63. The maximum absolute atomic E-state index is 12.6. The third-order valence-electron chi connectivity index (χ3n) is 6.16. The zero-order chi connectivity index (χ0) is 18.8. The number of thiophene rings is 1. The Bertz CT molecular complexity index is 1040. The highest BCUT2D eigenvalue weighted by Gasteiger charge is 2.56. The summed E-state index contributed by atoms with van der Waals surface area (Å²) in [4.78, 5) is 21.7. The fraction of sp³-hybridized carbons (Fsp3) is 0.647. The lowest BCUT2D eigenvalue weighted by molar-refractivity contribution is 0.119. The maximum Gasteiger partial charge on any atom is 0.268 e. The number of H-pyrrole nitrogens is 1. The summed E-state index contributed by atoms with van der Waals surface area (Å²) < 4.78 is 27.4. The third kappa shape index (κ3) is 2.85. The van der Waals surface area contributed by atoms with Gasteiger partial charge >= 0.3 is 0 Å². The van der Waals surface area contributed by atoms with Gasteiger partial charge in [0.05, 0.1) is 23.9 Å². The normalized spacial score (nSPS) is 29.6. The van der Waals surface area contributed by atoms with Crippen LogP contribution in [-0.2, 0) is 16.6 Å². The van der Waals surface area contributed by atoms with Crippen LogP contribution in [0.5, 0.6) is 0 Å². The number of hydrogen-bond donors (Lipinski definition) is 2. The number of fused-ring (bicyclic) bond motifs is 2. The van der Waals surface area contributed by atoms with Crippen LogP contribution < -0.4 is 5.56 Å². The van der Waals surface area contributed by atoms with Gasteiger partial charge in [-0.05, 0) is 30.2 Å². The van der Waals surface area contributed by atoms with Crippen LogP contribution in [0.2, 0.25) is 0 Å². The second-order valence-corrected chi connectivity index (χ2v) is 11.2. The molecule has 5 rings (SSSR count). The minimum Gasteiger partial charge on any atom is -0.396 e. The Labute approximate surface area is 160 Å². The van der Waals surface area contributed by atoms with E-state index < -0.39 is 15.4 Å². The van der Waals surface area contributed by atoms with Gasteiger partial charge in [-0.15, -0.1) is 11.3 Å². The molecular weight excluding hydrogens is 388 g/mol. The van der Waals surface area contributed by atoms with Gasteiger partial charge in [0.25, 0.3) is 5.56 Å². The maximum atomic E-state index is 12.6. The lowest BCUT2D eigenvalue weighted by atomic mass is 9.82. The minimum absolute atomic E-state index is 0.0294. The molecular formula is C17H22N4O4S2. The van der Waals surface area contributed by atoms with Gasteiger partial charge in [-0.2, -0.15) is 0 Å². The first-order chi connectivity index (χ1) is 12.9. The highest BCUT2D eigenvalue weighted by atomic mass is 32.2. The zero-order valence-corrected chi connectivity index (χ0v) is 16.4. The van der Waals surface area contributed by atoms with Gasteiger partial charge in [0, 0.05) is 31.6 Å². The van der Waals surface area contributed by atoms with Crippen molar-refractivity contribution in [2.75, 3.05) is 32.8 Å². The Morgan fingerprint density at radius 3 is 2.85 bits per heavy atom. The van der Waals surface area contributed by atoms with Crippen molar-refractivity contribution in [3.63, 3.8) is 0 Å². The van der Waals surface area contributed by atoms with Gasteiger partial charge < -0.3 is 10.1 Å². The fourth-order valence-corrected chi connectivity index (χ4v) is 7.27. The Kier molecular flexibility index (Phi) is 4.00. The Hall–Kier alpha value is -1.33. The van der Waals surface area contributed by atoms with Gasteiger partial charge in [0.15, 0.2) is 0 Å². The smallest absolute Gasteiger partial charge is 0.268 e. The van der Waals surface area contributed by atoms with Crippen molar-refractivity contribution in [1.29, 1.82) is 0 Å². The average molecular weight is 411 g/mol. The molecule has 10 heteroatoms. The number of aromatic amines is 1. The Balaban J connectivity index is 1.34. The van der Waals surface area contributed by atoms with E-state index in [-0.39, 0.29) is 23.3 Å². The molecule has 4 heterocycles. The molecule has 0 radical (unpaired) electrons. The number of nitrogens with zero attached hydrogens (tertiary/aromatic N) is 3. The summed E-state index contributed by atoms with van der Waals surface area (Å²) in [6.07, 6.45) is 1.51. The van der Waals surface area contributed by atoms with Crippen LogP contribution >= 0.6 is 11.3 Å². The van der Waals surface area contributed by atoms with E-state index in [1.54, 1.807) is 4.31 Å². The molecule has 1 saturated carbocycles. The Morgan fingerprint density at radius 1 is 1.33 bits per heavy atom. The molecule has 2 saturated heterocycles. The van der Waals surface area contributed by atoms with Crippen LogP contribution in [0.1, 0.15) is 18.7 Å². The number of rotatable bonds is 5. The summed E-state index contributed by atoms with van der Waals surface area (Å²) in [5.74, 6) is 0.717. The summed E-state index contributed by atoms with van der Waals surface area (Å²) in [7, 11) is -3.21.